The fourth-order valence-corrected chi connectivity index (χ4v) is 3.27. The number of amides is 1. The van der Waals surface area contributed by atoms with Crippen LogP contribution in [0.1, 0.15) is 28.8 Å². The fraction of sp³-hybridized carbons (Fsp3) is 0.400. The van der Waals surface area contributed by atoms with Crippen LogP contribution in [0.5, 0.6) is 0 Å². The number of rotatable bonds is 4. The van der Waals surface area contributed by atoms with Crippen LogP contribution in [0.25, 0.3) is 0 Å². The molecule has 5 heteroatoms. The van der Waals surface area contributed by atoms with E-state index < -0.39 is 0 Å². The van der Waals surface area contributed by atoms with Gasteiger partial charge in [0.15, 0.2) is 0 Å². The highest BCUT2D eigenvalue weighted by Crippen LogP contribution is 2.23. The normalized spacial score (nSPS) is 17.5. The molecule has 0 atom stereocenters. The first kappa shape index (κ1) is 15.9. The van der Waals surface area contributed by atoms with E-state index >= 15 is 0 Å². The second kappa shape index (κ2) is 6.75. The molecule has 0 bridgehead atoms. The zero-order chi connectivity index (χ0) is 17.2. The number of anilines is 2. The average molecular weight is 336 g/mol. The van der Waals surface area contributed by atoms with Gasteiger partial charge in [-0.3, -0.25) is 9.78 Å². The lowest BCUT2D eigenvalue weighted by atomic mass is 10.1. The van der Waals surface area contributed by atoms with Crippen molar-refractivity contribution in [2.45, 2.75) is 25.8 Å². The van der Waals surface area contributed by atoms with Gasteiger partial charge in [-0.25, -0.2) is 0 Å². The third-order valence-corrected chi connectivity index (χ3v) is 4.91. The smallest absolute Gasteiger partial charge is 0.253 e. The Balaban J connectivity index is 1.41. The molecule has 1 N–H and O–H groups in total. The molecule has 1 saturated heterocycles. The summed E-state index contributed by atoms with van der Waals surface area (Å²) in [7, 11) is 0. The lowest BCUT2D eigenvalue weighted by Gasteiger charge is -2.37. The summed E-state index contributed by atoms with van der Waals surface area (Å²) in [4.78, 5) is 21.2. The van der Waals surface area contributed by atoms with Crippen LogP contribution in [0.4, 0.5) is 11.4 Å². The number of hydrogen-bond acceptors (Lipinski definition) is 4. The highest BCUT2D eigenvalue weighted by molar-refractivity contribution is 5.95. The fourth-order valence-electron chi connectivity index (χ4n) is 3.27. The van der Waals surface area contributed by atoms with Gasteiger partial charge >= 0.3 is 0 Å². The molecule has 0 unspecified atom stereocenters. The maximum atomic E-state index is 12.2. The Labute approximate surface area is 148 Å². The molecule has 5 nitrogen and oxygen atoms in total. The van der Waals surface area contributed by atoms with Crippen molar-refractivity contribution in [3.05, 3.63) is 53.9 Å². The van der Waals surface area contributed by atoms with Crippen LogP contribution in [-0.2, 0) is 0 Å². The maximum Gasteiger partial charge on any atom is 0.253 e. The first-order valence-corrected chi connectivity index (χ1v) is 9.01. The van der Waals surface area contributed by atoms with Gasteiger partial charge in [0.05, 0.1) is 17.4 Å². The first-order valence-electron chi connectivity index (χ1n) is 9.01. The van der Waals surface area contributed by atoms with E-state index in [0.717, 1.165) is 44.7 Å². The van der Waals surface area contributed by atoms with Crippen molar-refractivity contribution in [2.24, 2.45) is 0 Å². The van der Waals surface area contributed by atoms with Crippen molar-refractivity contribution in [1.29, 1.82) is 0 Å². The number of aryl methyl sites for hydroxylation is 1. The van der Waals surface area contributed by atoms with Gasteiger partial charge in [0, 0.05) is 44.1 Å². The van der Waals surface area contributed by atoms with Crippen LogP contribution in [-0.4, -0.2) is 43.1 Å². The molecule has 1 aromatic carbocycles. The van der Waals surface area contributed by atoms with E-state index in [2.05, 4.69) is 51.3 Å². The van der Waals surface area contributed by atoms with Crippen molar-refractivity contribution in [3.63, 3.8) is 0 Å². The third-order valence-electron chi connectivity index (χ3n) is 4.91. The largest absolute Gasteiger partial charge is 0.368 e. The summed E-state index contributed by atoms with van der Waals surface area (Å²) in [6.45, 7) is 5.94. The van der Waals surface area contributed by atoms with Gasteiger partial charge in [0.2, 0.25) is 0 Å². The molecule has 25 heavy (non-hydrogen) atoms. The minimum absolute atomic E-state index is 0.00440. The Morgan fingerprint density at radius 1 is 1.04 bits per heavy atom. The molecule has 2 heterocycles. The average Bonchev–Trinajstić information content (AvgIpc) is 3.46. The number of nitrogens with zero attached hydrogens (tertiary/aromatic N) is 3. The Bertz CT molecular complexity index is 764. The van der Waals surface area contributed by atoms with Crippen LogP contribution in [0.15, 0.2) is 42.7 Å². The second-order valence-corrected chi connectivity index (χ2v) is 6.99. The standard InChI is InChI=1S/C20H24N4O/c1-15-3-2-4-18(11-15)23-7-9-24(10-8-23)19-12-16(13-21-14-19)20(25)22-17-5-6-17/h2-4,11-14,17H,5-10H2,1H3,(H,22,25). The van der Waals surface area contributed by atoms with E-state index in [-0.39, 0.29) is 5.91 Å². The molecule has 130 valence electrons. The number of benzene rings is 1. The van der Waals surface area contributed by atoms with Gasteiger partial charge < -0.3 is 15.1 Å². The number of pyridine rings is 1. The van der Waals surface area contributed by atoms with Gasteiger partial charge in [0.1, 0.15) is 0 Å². The summed E-state index contributed by atoms with van der Waals surface area (Å²) in [5.41, 5.74) is 4.27. The number of nitrogens with one attached hydrogen (secondary N) is 1. The molecule has 1 aliphatic heterocycles. The first-order chi connectivity index (χ1) is 12.2. The van der Waals surface area contributed by atoms with Gasteiger partial charge in [-0.05, 0) is 43.5 Å². The molecule has 2 aliphatic rings. The summed E-state index contributed by atoms with van der Waals surface area (Å²) in [5, 5.41) is 3.03. The Hall–Kier alpha value is -2.56. The van der Waals surface area contributed by atoms with Crippen molar-refractivity contribution in [2.75, 3.05) is 36.0 Å². The van der Waals surface area contributed by atoms with Crippen LogP contribution in [0.2, 0.25) is 0 Å². The quantitative estimate of drug-likeness (QED) is 0.932. The van der Waals surface area contributed by atoms with Gasteiger partial charge in [-0.2, -0.15) is 0 Å². The molecule has 4 rings (SSSR count). The second-order valence-electron chi connectivity index (χ2n) is 6.99. The van der Waals surface area contributed by atoms with Crippen molar-refractivity contribution in [3.8, 4) is 0 Å². The van der Waals surface area contributed by atoms with E-state index in [1.54, 1.807) is 6.20 Å². The van der Waals surface area contributed by atoms with Crippen molar-refractivity contribution < 1.29 is 4.79 Å². The summed E-state index contributed by atoms with van der Waals surface area (Å²) in [6.07, 6.45) is 5.71. The van der Waals surface area contributed by atoms with Crippen LogP contribution in [0, 0.1) is 6.92 Å². The summed E-state index contributed by atoms with van der Waals surface area (Å²) < 4.78 is 0. The molecule has 0 spiro atoms. The van der Waals surface area contributed by atoms with Gasteiger partial charge in [-0.1, -0.05) is 12.1 Å². The van der Waals surface area contributed by atoms with E-state index in [4.69, 9.17) is 0 Å². The lowest BCUT2D eigenvalue weighted by molar-refractivity contribution is 0.0950. The van der Waals surface area contributed by atoms with Crippen LogP contribution >= 0.6 is 0 Å². The van der Waals surface area contributed by atoms with E-state index in [1.165, 1.54) is 11.3 Å². The number of hydrogen-bond donors (Lipinski definition) is 1. The maximum absolute atomic E-state index is 12.2. The number of aromatic nitrogens is 1. The molecule has 0 radical (unpaired) electrons. The van der Waals surface area contributed by atoms with Crippen LogP contribution in [0.3, 0.4) is 0 Å². The minimum Gasteiger partial charge on any atom is -0.368 e. The third kappa shape index (κ3) is 3.76. The number of carbonyl (C=O) groups is 1. The molecule has 2 aromatic rings. The highest BCUT2D eigenvalue weighted by Gasteiger charge is 2.24. The number of carbonyl (C=O) groups excluding carboxylic acids is 1. The Kier molecular flexibility index (Phi) is 4.30. The zero-order valence-electron chi connectivity index (χ0n) is 14.6. The van der Waals surface area contributed by atoms with E-state index in [9.17, 15) is 4.79 Å². The molecule has 1 aliphatic carbocycles. The number of piperazine rings is 1. The lowest BCUT2D eigenvalue weighted by Crippen LogP contribution is -2.46. The SMILES string of the molecule is Cc1cccc(N2CCN(c3cncc(C(=O)NC4CC4)c3)CC2)c1. The topological polar surface area (TPSA) is 48.5 Å². The minimum atomic E-state index is -0.00440. The summed E-state index contributed by atoms with van der Waals surface area (Å²) in [5.74, 6) is -0.00440. The predicted molar refractivity (Wildman–Crippen MR) is 100 cm³/mol. The summed E-state index contributed by atoms with van der Waals surface area (Å²) >= 11 is 0. The molecule has 2 fully saturated rings. The van der Waals surface area contributed by atoms with E-state index in [1.807, 2.05) is 12.3 Å². The molecule has 1 saturated carbocycles. The zero-order valence-corrected chi connectivity index (χ0v) is 14.6. The van der Waals surface area contributed by atoms with Gasteiger partial charge in [0.25, 0.3) is 5.91 Å². The van der Waals surface area contributed by atoms with Crippen molar-refractivity contribution in [1.82, 2.24) is 10.3 Å². The van der Waals surface area contributed by atoms with Gasteiger partial charge in [-0.15, -0.1) is 0 Å². The Morgan fingerprint density at radius 3 is 2.44 bits per heavy atom. The Morgan fingerprint density at radius 2 is 1.76 bits per heavy atom. The highest BCUT2D eigenvalue weighted by atomic mass is 16.1. The molecular formula is C20H24N4O. The molecule has 1 aromatic heterocycles. The summed E-state index contributed by atoms with van der Waals surface area (Å²) in [6, 6.07) is 11.0. The molecular weight excluding hydrogens is 312 g/mol. The van der Waals surface area contributed by atoms with Crippen molar-refractivity contribution >= 4 is 17.3 Å². The molecule has 1 amide bonds. The van der Waals surface area contributed by atoms with Crippen LogP contribution < -0.4 is 15.1 Å². The van der Waals surface area contributed by atoms with E-state index in [0.29, 0.717) is 11.6 Å². The predicted octanol–water partition coefficient (Wildman–Crippen LogP) is 2.61. The monoisotopic (exact) mass is 336 g/mol.